The lowest BCUT2D eigenvalue weighted by Crippen LogP contribution is -2.48. The fourth-order valence-electron chi connectivity index (χ4n) is 3.53. The first-order valence-corrected chi connectivity index (χ1v) is 10.9. The number of thioether (sulfide) groups is 1. The summed E-state index contributed by atoms with van der Waals surface area (Å²) in [5.41, 5.74) is 0. The average molecular weight is 355 g/mol. The van der Waals surface area contributed by atoms with E-state index in [4.69, 9.17) is 0 Å². The van der Waals surface area contributed by atoms with Crippen LogP contribution in [0.1, 0.15) is 65.2 Å². The largest absolute Gasteiger partial charge is 0.353 e. The van der Waals surface area contributed by atoms with Crippen molar-refractivity contribution in [1.29, 1.82) is 0 Å². The Hall–Kier alpha value is -0.710. The molecule has 0 atom stereocenters. The van der Waals surface area contributed by atoms with Crippen molar-refractivity contribution in [2.24, 2.45) is 11.8 Å². The maximum Gasteiger partial charge on any atom is 0.232 e. The highest BCUT2D eigenvalue weighted by Crippen LogP contribution is 2.24. The van der Waals surface area contributed by atoms with Gasteiger partial charge in [0.1, 0.15) is 0 Å². The van der Waals surface area contributed by atoms with Crippen LogP contribution in [0.4, 0.5) is 0 Å². The first kappa shape index (κ1) is 19.6. The van der Waals surface area contributed by atoms with Crippen LogP contribution >= 0.6 is 11.8 Å². The maximum absolute atomic E-state index is 12.3. The molecule has 5 heteroatoms. The van der Waals surface area contributed by atoms with Gasteiger partial charge in [-0.25, -0.2) is 0 Å². The number of hydrogen-bond acceptors (Lipinski definition) is 3. The number of nitrogens with one attached hydrogen (secondary N) is 1. The first-order valence-electron chi connectivity index (χ1n) is 9.72. The zero-order valence-electron chi connectivity index (χ0n) is 15.4. The Morgan fingerprint density at radius 2 is 1.75 bits per heavy atom. The predicted molar refractivity (Wildman–Crippen MR) is 101 cm³/mol. The molecule has 1 saturated carbocycles. The van der Waals surface area contributed by atoms with E-state index >= 15 is 0 Å². The Kier molecular flexibility index (Phi) is 8.43. The van der Waals surface area contributed by atoms with Crippen LogP contribution in [0.15, 0.2) is 0 Å². The van der Waals surface area contributed by atoms with Gasteiger partial charge >= 0.3 is 0 Å². The molecule has 0 aromatic rings. The quantitative estimate of drug-likeness (QED) is 0.712. The summed E-state index contributed by atoms with van der Waals surface area (Å²) in [5, 5.41) is 3.23. The zero-order chi connectivity index (χ0) is 17.4. The van der Waals surface area contributed by atoms with Crippen LogP contribution in [0.25, 0.3) is 0 Å². The molecule has 138 valence electrons. The maximum atomic E-state index is 12.3. The molecule has 2 rings (SSSR count). The predicted octanol–water partition coefficient (Wildman–Crippen LogP) is 3.45. The van der Waals surface area contributed by atoms with Gasteiger partial charge < -0.3 is 10.2 Å². The smallest absolute Gasteiger partial charge is 0.232 e. The molecule has 4 nitrogen and oxygen atoms in total. The third kappa shape index (κ3) is 6.66. The molecule has 0 unspecified atom stereocenters. The number of likely N-dealkylation sites (tertiary alicyclic amines) is 1. The van der Waals surface area contributed by atoms with Crippen molar-refractivity contribution in [3.8, 4) is 0 Å². The summed E-state index contributed by atoms with van der Waals surface area (Å²) in [5.74, 6) is 3.12. The summed E-state index contributed by atoms with van der Waals surface area (Å²) in [6.07, 6.45) is 8.75. The summed E-state index contributed by atoms with van der Waals surface area (Å²) < 4.78 is 0. The number of carbonyl (C=O) groups excluding carboxylic acids is 2. The summed E-state index contributed by atoms with van der Waals surface area (Å²) in [6, 6.07) is 0.261. The van der Waals surface area contributed by atoms with E-state index < -0.39 is 0 Å². The second kappa shape index (κ2) is 10.3. The molecule has 1 aliphatic heterocycles. The Morgan fingerprint density at radius 3 is 2.38 bits per heavy atom. The fraction of sp³-hybridized carbons (Fsp3) is 0.895. The van der Waals surface area contributed by atoms with E-state index in [2.05, 4.69) is 19.2 Å². The van der Waals surface area contributed by atoms with E-state index in [0.29, 0.717) is 11.7 Å². The van der Waals surface area contributed by atoms with Gasteiger partial charge in [-0.2, -0.15) is 11.8 Å². The van der Waals surface area contributed by atoms with Crippen LogP contribution < -0.4 is 5.32 Å². The molecule has 1 saturated heterocycles. The second-order valence-electron chi connectivity index (χ2n) is 7.73. The van der Waals surface area contributed by atoms with Gasteiger partial charge in [0.15, 0.2) is 0 Å². The Bertz CT molecular complexity index is 400. The van der Waals surface area contributed by atoms with E-state index in [1.165, 1.54) is 25.7 Å². The van der Waals surface area contributed by atoms with E-state index in [0.717, 1.165) is 44.5 Å². The van der Waals surface area contributed by atoms with Crippen molar-refractivity contribution in [3.63, 3.8) is 0 Å². The van der Waals surface area contributed by atoms with Crippen LogP contribution in [0, 0.1) is 11.8 Å². The molecule has 2 amide bonds. The highest BCUT2D eigenvalue weighted by molar-refractivity contribution is 7.99. The summed E-state index contributed by atoms with van der Waals surface area (Å²) in [4.78, 5) is 26.5. The molecule has 0 spiro atoms. The van der Waals surface area contributed by atoms with Gasteiger partial charge in [0, 0.05) is 25.0 Å². The number of rotatable bonds is 7. The van der Waals surface area contributed by atoms with Crippen LogP contribution in [0.5, 0.6) is 0 Å². The molecule has 2 fully saturated rings. The molecule has 1 heterocycles. The van der Waals surface area contributed by atoms with Crippen molar-refractivity contribution < 1.29 is 9.59 Å². The minimum absolute atomic E-state index is 0.232. The lowest BCUT2D eigenvalue weighted by atomic mass is 9.88. The molecule has 1 N–H and O–H groups in total. The standard InChI is InChI=1S/C19H34N2O2S/c1-15(2)10-13-24-14-18(22)21-11-8-17(9-12-21)20-19(23)16-6-4-3-5-7-16/h15-17H,3-14H2,1-2H3,(H,20,23). The number of piperidine rings is 1. The molecular formula is C19H34N2O2S. The monoisotopic (exact) mass is 354 g/mol. The molecule has 24 heavy (non-hydrogen) atoms. The minimum Gasteiger partial charge on any atom is -0.353 e. The minimum atomic E-state index is 0.232. The van der Waals surface area contributed by atoms with E-state index in [1.807, 2.05) is 4.90 Å². The summed E-state index contributed by atoms with van der Waals surface area (Å²) in [6.45, 7) is 6.02. The number of carbonyl (C=O) groups is 2. The fourth-order valence-corrected chi connectivity index (χ4v) is 4.67. The highest BCUT2D eigenvalue weighted by atomic mass is 32.2. The zero-order valence-corrected chi connectivity index (χ0v) is 16.2. The van der Waals surface area contributed by atoms with Gasteiger partial charge in [-0.05, 0) is 43.8 Å². The highest BCUT2D eigenvalue weighted by Gasteiger charge is 2.27. The Labute approximate surface area is 151 Å². The summed E-state index contributed by atoms with van der Waals surface area (Å²) in [7, 11) is 0. The number of nitrogens with zero attached hydrogens (tertiary/aromatic N) is 1. The van der Waals surface area contributed by atoms with E-state index in [9.17, 15) is 9.59 Å². The molecule has 0 radical (unpaired) electrons. The third-order valence-corrected chi connectivity index (χ3v) is 6.21. The van der Waals surface area contributed by atoms with Gasteiger partial charge in [0.2, 0.25) is 11.8 Å². The number of hydrogen-bond donors (Lipinski definition) is 1. The Morgan fingerprint density at radius 1 is 1.08 bits per heavy atom. The normalized spacial score (nSPS) is 20.4. The van der Waals surface area contributed by atoms with Crippen molar-refractivity contribution in [1.82, 2.24) is 10.2 Å². The molecular weight excluding hydrogens is 320 g/mol. The van der Waals surface area contributed by atoms with E-state index in [-0.39, 0.29) is 23.8 Å². The van der Waals surface area contributed by atoms with E-state index in [1.54, 1.807) is 11.8 Å². The second-order valence-corrected chi connectivity index (χ2v) is 8.84. The van der Waals surface area contributed by atoms with Crippen LogP contribution in [0.3, 0.4) is 0 Å². The van der Waals surface area contributed by atoms with Crippen molar-refractivity contribution >= 4 is 23.6 Å². The van der Waals surface area contributed by atoms with Crippen LogP contribution in [-0.2, 0) is 9.59 Å². The average Bonchev–Trinajstić information content (AvgIpc) is 2.59. The lowest BCUT2D eigenvalue weighted by Gasteiger charge is -2.33. The number of amides is 2. The van der Waals surface area contributed by atoms with Gasteiger partial charge in [0.05, 0.1) is 5.75 Å². The molecule has 0 aromatic carbocycles. The molecule has 2 aliphatic rings. The SMILES string of the molecule is CC(C)CCSCC(=O)N1CCC(NC(=O)C2CCCCC2)CC1. The van der Waals surface area contributed by atoms with Crippen LogP contribution in [-0.4, -0.2) is 47.4 Å². The summed E-state index contributed by atoms with van der Waals surface area (Å²) >= 11 is 1.75. The van der Waals surface area contributed by atoms with Gasteiger partial charge in [-0.3, -0.25) is 9.59 Å². The Balaban J connectivity index is 1.61. The van der Waals surface area contributed by atoms with Gasteiger partial charge in [-0.1, -0.05) is 33.1 Å². The molecule has 0 bridgehead atoms. The lowest BCUT2D eigenvalue weighted by molar-refractivity contribution is -0.130. The van der Waals surface area contributed by atoms with Gasteiger partial charge in [-0.15, -0.1) is 0 Å². The topological polar surface area (TPSA) is 49.4 Å². The molecule has 1 aliphatic carbocycles. The van der Waals surface area contributed by atoms with Crippen molar-refractivity contribution in [2.75, 3.05) is 24.6 Å². The van der Waals surface area contributed by atoms with Gasteiger partial charge in [0.25, 0.3) is 0 Å². The van der Waals surface area contributed by atoms with Crippen LogP contribution in [0.2, 0.25) is 0 Å². The van der Waals surface area contributed by atoms with Crippen molar-refractivity contribution in [3.05, 3.63) is 0 Å². The van der Waals surface area contributed by atoms with Crippen molar-refractivity contribution in [2.45, 2.75) is 71.3 Å². The molecule has 0 aromatic heterocycles. The first-order chi connectivity index (χ1) is 11.6. The third-order valence-electron chi connectivity index (χ3n) is 5.24.